The maximum Gasteiger partial charge on any atom is 0.315 e. The molecule has 2 atom stereocenters. The van der Waals surface area contributed by atoms with Crippen molar-refractivity contribution in [3.05, 3.63) is 65.7 Å². The van der Waals surface area contributed by atoms with Crippen LogP contribution in [0.3, 0.4) is 0 Å². The first-order valence-corrected chi connectivity index (χ1v) is 9.65. The van der Waals surface area contributed by atoms with E-state index >= 15 is 0 Å². The van der Waals surface area contributed by atoms with Gasteiger partial charge in [-0.3, -0.25) is 4.79 Å². The van der Waals surface area contributed by atoms with Crippen molar-refractivity contribution >= 4 is 11.8 Å². The van der Waals surface area contributed by atoms with Crippen LogP contribution in [0.25, 0.3) is 0 Å². The predicted molar refractivity (Wildman–Crippen MR) is 108 cm³/mol. The quantitative estimate of drug-likeness (QED) is 0.770. The number of carbonyl (C=O) groups excluding carboxylic acids is 2. The number of nitrogens with two attached hydrogens (primary N) is 2. The van der Waals surface area contributed by atoms with Crippen molar-refractivity contribution in [2.75, 3.05) is 6.54 Å². The van der Waals surface area contributed by atoms with Crippen LogP contribution in [0.15, 0.2) is 54.6 Å². The van der Waals surface area contributed by atoms with Gasteiger partial charge in [0.25, 0.3) is 0 Å². The van der Waals surface area contributed by atoms with E-state index in [9.17, 15) is 9.59 Å². The zero-order valence-electron chi connectivity index (χ0n) is 15.9. The molecule has 2 aromatic rings. The number of amides is 2. The number of hydrogen-bond acceptors (Lipinski definition) is 4. The Morgan fingerprint density at radius 3 is 2.43 bits per heavy atom. The van der Waals surface area contributed by atoms with E-state index in [1.54, 1.807) is 0 Å². The highest BCUT2D eigenvalue weighted by molar-refractivity contribution is 5.92. The zero-order chi connectivity index (χ0) is 19.9. The van der Waals surface area contributed by atoms with Gasteiger partial charge >= 0.3 is 6.03 Å². The number of nitrogens with zero attached hydrogens (tertiary/aromatic N) is 1. The molecule has 4 N–H and O–H groups in total. The van der Waals surface area contributed by atoms with Crippen LogP contribution in [-0.2, 0) is 17.8 Å². The summed E-state index contributed by atoms with van der Waals surface area (Å²) in [6.45, 7) is 1.02. The summed E-state index contributed by atoms with van der Waals surface area (Å²) in [4.78, 5) is 25.8. The summed E-state index contributed by atoms with van der Waals surface area (Å²) in [5, 5.41) is 0. The Morgan fingerprint density at radius 2 is 1.75 bits per heavy atom. The minimum absolute atomic E-state index is 0.122. The molecule has 1 heterocycles. The fraction of sp³-hybridized carbons (Fsp3) is 0.364. The van der Waals surface area contributed by atoms with E-state index in [0.717, 1.165) is 29.7 Å². The lowest BCUT2D eigenvalue weighted by molar-refractivity contribution is -0.125. The molecule has 1 unspecified atom stereocenters. The van der Waals surface area contributed by atoms with Gasteiger partial charge in [0, 0.05) is 6.54 Å². The summed E-state index contributed by atoms with van der Waals surface area (Å²) in [6.07, 6.45) is 2.81. The molecular weight excluding hydrogens is 354 g/mol. The van der Waals surface area contributed by atoms with Gasteiger partial charge in [0.1, 0.15) is 12.4 Å². The smallest absolute Gasteiger partial charge is 0.315 e. The standard InChI is InChI=1S/C22H27N3O3/c23-19(21(26)20-8-4-5-13-25(20)22(24)27)14-16-9-11-18(12-10-16)28-15-17-6-2-1-3-7-17/h1-3,6-7,9-12,19-20H,4-5,8,13-15,23H2,(H2,24,27)/t19-,20?/m0/s1. The van der Waals surface area contributed by atoms with E-state index in [-0.39, 0.29) is 5.78 Å². The van der Waals surface area contributed by atoms with Crippen LogP contribution in [0.4, 0.5) is 4.79 Å². The van der Waals surface area contributed by atoms with Crippen molar-refractivity contribution in [3.8, 4) is 5.75 Å². The van der Waals surface area contributed by atoms with Crippen LogP contribution in [0.1, 0.15) is 30.4 Å². The maximum atomic E-state index is 12.7. The number of rotatable bonds is 7. The summed E-state index contributed by atoms with van der Waals surface area (Å²) in [5.41, 5.74) is 13.6. The average molecular weight is 381 g/mol. The topological polar surface area (TPSA) is 98.7 Å². The predicted octanol–water partition coefficient (Wildman–Crippen LogP) is 2.64. The molecule has 1 aliphatic heterocycles. The summed E-state index contributed by atoms with van der Waals surface area (Å²) in [7, 11) is 0. The largest absolute Gasteiger partial charge is 0.489 e. The molecule has 0 aromatic heterocycles. The lowest BCUT2D eigenvalue weighted by Gasteiger charge is -2.34. The minimum atomic E-state index is -0.666. The van der Waals surface area contributed by atoms with Gasteiger partial charge in [-0.1, -0.05) is 42.5 Å². The first kappa shape index (κ1) is 19.9. The molecule has 0 spiro atoms. The Kier molecular flexibility index (Phi) is 6.66. The molecule has 0 radical (unpaired) electrons. The number of ketones is 1. The molecule has 1 saturated heterocycles. The molecule has 1 aliphatic rings. The van der Waals surface area contributed by atoms with Crippen molar-refractivity contribution in [1.29, 1.82) is 0 Å². The van der Waals surface area contributed by atoms with Crippen molar-refractivity contribution in [2.24, 2.45) is 11.5 Å². The molecule has 2 amide bonds. The third-order valence-electron chi connectivity index (χ3n) is 5.11. The Labute approximate surface area is 165 Å². The second-order valence-corrected chi connectivity index (χ2v) is 7.17. The van der Waals surface area contributed by atoms with Gasteiger partial charge in [0.15, 0.2) is 5.78 Å². The van der Waals surface area contributed by atoms with Gasteiger partial charge in [-0.25, -0.2) is 4.79 Å². The summed E-state index contributed by atoms with van der Waals surface area (Å²) < 4.78 is 5.78. The van der Waals surface area contributed by atoms with Gasteiger partial charge in [-0.2, -0.15) is 0 Å². The normalized spacial score (nSPS) is 17.8. The van der Waals surface area contributed by atoms with E-state index < -0.39 is 18.1 Å². The number of ether oxygens (including phenoxy) is 1. The fourth-order valence-electron chi connectivity index (χ4n) is 3.56. The summed E-state index contributed by atoms with van der Waals surface area (Å²) >= 11 is 0. The number of likely N-dealkylation sites (tertiary alicyclic amines) is 1. The molecule has 6 nitrogen and oxygen atoms in total. The van der Waals surface area contributed by atoms with Crippen molar-refractivity contribution in [1.82, 2.24) is 4.90 Å². The van der Waals surface area contributed by atoms with Crippen LogP contribution in [0.2, 0.25) is 0 Å². The molecule has 148 valence electrons. The second-order valence-electron chi connectivity index (χ2n) is 7.17. The molecule has 0 bridgehead atoms. The highest BCUT2D eigenvalue weighted by Crippen LogP contribution is 2.20. The minimum Gasteiger partial charge on any atom is -0.489 e. The Morgan fingerprint density at radius 1 is 1.04 bits per heavy atom. The number of piperidine rings is 1. The molecule has 6 heteroatoms. The van der Waals surface area contributed by atoms with Crippen molar-refractivity contribution < 1.29 is 14.3 Å². The summed E-state index contributed by atoms with van der Waals surface area (Å²) in [6, 6.07) is 15.8. The zero-order valence-corrected chi connectivity index (χ0v) is 15.9. The van der Waals surface area contributed by atoms with Crippen LogP contribution in [0, 0.1) is 0 Å². The SMILES string of the molecule is NC(=O)N1CCCCC1C(=O)[C@@H](N)Cc1ccc(OCc2ccccc2)cc1. The van der Waals surface area contributed by atoms with Gasteiger partial charge in [-0.05, 0) is 48.9 Å². The maximum absolute atomic E-state index is 12.7. The molecule has 28 heavy (non-hydrogen) atoms. The molecule has 0 saturated carbocycles. The van der Waals surface area contributed by atoms with E-state index in [1.165, 1.54) is 4.90 Å². The van der Waals surface area contributed by atoms with E-state index in [4.69, 9.17) is 16.2 Å². The second kappa shape index (κ2) is 9.37. The van der Waals surface area contributed by atoms with Crippen LogP contribution in [0.5, 0.6) is 5.75 Å². The number of hydrogen-bond donors (Lipinski definition) is 2. The van der Waals surface area contributed by atoms with E-state index in [1.807, 2.05) is 54.6 Å². The van der Waals surface area contributed by atoms with Gasteiger partial charge in [0.05, 0.1) is 12.1 Å². The third-order valence-corrected chi connectivity index (χ3v) is 5.11. The first-order valence-electron chi connectivity index (χ1n) is 9.65. The van der Waals surface area contributed by atoms with Crippen LogP contribution >= 0.6 is 0 Å². The van der Waals surface area contributed by atoms with Crippen LogP contribution in [-0.4, -0.2) is 35.3 Å². The van der Waals surface area contributed by atoms with Gasteiger partial charge in [-0.15, -0.1) is 0 Å². The molecule has 1 fully saturated rings. The van der Waals surface area contributed by atoms with E-state index in [0.29, 0.717) is 26.0 Å². The number of primary amides is 1. The van der Waals surface area contributed by atoms with Crippen LogP contribution < -0.4 is 16.2 Å². The number of carbonyl (C=O) groups is 2. The lowest BCUT2D eigenvalue weighted by Crippen LogP contribution is -2.54. The Bertz CT molecular complexity index is 792. The van der Waals surface area contributed by atoms with Gasteiger partial charge < -0.3 is 21.1 Å². The van der Waals surface area contributed by atoms with Gasteiger partial charge in [0.2, 0.25) is 0 Å². The highest BCUT2D eigenvalue weighted by atomic mass is 16.5. The van der Waals surface area contributed by atoms with Crippen molar-refractivity contribution in [3.63, 3.8) is 0 Å². The molecular formula is C22H27N3O3. The third kappa shape index (κ3) is 5.10. The summed E-state index contributed by atoms with van der Waals surface area (Å²) in [5.74, 6) is 0.641. The monoisotopic (exact) mass is 381 g/mol. The van der Waals surface area contributed by atoms with E-state index in [2.05, 4.69) is 0 Å². The molecule has 0 aliphatic carbocycles. The Balaban J connectivity index is 1.55. The number of Topliss-reactive ketones (excluding diaryl/α,β-unsaturated/α-hetero) is 1. The fourth-order valence-corrected chi connectivity index (χ4v) is 3.56. The van der Waals surface area contributed by atoms with Crippen molar-refractivity contribution in [2.45, 2.75) is 44.4 Å². The number of benzene rings is 2. The first-order chi connectivity index (χ1) is 13.5. The lowest BCUT2D eigenvalue weighted by atomic mass is 9.92. The molecule has 2 aromatic carbocycles. The average Bonchev–Trinajstić information content (AvgIpc) is 2.73. The molecule has 3 rings (SSSR count). The number of urea groups is 1. The Hall–Kier alpha value is -2.86. The highest BCUT2D eigenvalue weighted by Gasteiger charge is 2.33.